The number of para-hydroxylation sites is 3. The van der Waals surface area contributed by atoms with E-state index in [1.807, 2.05) is 30.3 Å². The molecule has 2 aromatic heterocycles. The molecular weight excluding hydrogens is 566 g/mol. The van der Waals surface area contributed by atoms with Crippen molar-refractivity contribution in [2.75, 3.05) is 0 Å². The molecular formula is C41H27N3O2. The minimum atomic E-state index is -0.115. The number of aryl methyl sites for hydroxylation is 1. The number of furan rings is 1. The summed E-state index contributed by atoms with van der Waals surface area (Å²) in [4.78, 5) is 15.7. The zero-order valence-corrected chi connectivity index (χ0v) is 24.9. The molecule has 0 saturated carbocycles. The second kappa shape index (κ2) is 9.85. The van der Waals surface area contributed by atoms with Crippen LogP contribution in [0.2, 0.25) is 0 Å². The van der Waals surface area contributed by atoms with Crippen molar-refractivity contribution in [2.45, 2.75) is 24.9 Å². The molecule has 0 spiro atoms. The quantitative estimate of drug-likeness (QED) is 0.204. The van der Waals surface area contributed by atoms with Crippen molar-refractivity contribution in [1.29, 1.82) is 0 Å². The number of rotatable bonds is 3. The fourth-order valence-corrected chi connectivity index (χ4v) is 7.50. The fourth-order valence-electron chi connectivity index (χ4n) is 7.50. The molecule has 218 valence electrons. The van der Waals surface area contributed by atoms with E-state index in [1.54, 1.807) is 0 Å². The minimum Gasteiger partial charge on any atom is -0.485 e. The Labute approximate surface area is 265 Å². The Morgan fingerprint density at radius 2 is 1.48 bits per heavy atom. The molecule has 2 aliphatic carbocycles. The predicted octanol–water partition coefficient (Wildman–Crippen LogP) is 9.72. The van der Waals surface area contributed by atoms with Gasteiger partial charge in [-0.05, 0) is 65.1 Å². The van der Waals surface area contributed by atoms with Gasteiger partial charge >= 0.3 is 0 Å². The molecule has 0 fully saturated rings. The van der Waals surface area contributed by atoms with Gasteiger partial charge in [-0.3, -0.25) is 0 Å². The van der Waals surface area contributed by atoms with Gasteiger partial charge in [0, 0.05) is 27.5 Å². The lowest BCUT2D eigenvalue weighted by atomic mass is 9.84. The summed E-state index contributed by atoms with van der Waals surface area (Å²) < 4.78 is 12.9. The summed E-state index contributed by atoms with van der Waals surface area (Å²) in [6.07, 6.45) is 12.7. The van der Waals surface area contributed by atoms with E-state index in [0.717, 1.165) is 62.8 Å². The first-order chi connectivity index (χ1) is 22.8. The van der Waals surface area contributed by atoms with Gasteiger partial charge in [0.05, 0.1) is 11.5 Å². The Balaban J connectivity index is 1.25. The highest BCUT2D eigenvalue weighted by molar-refractivity contribution is 6.09. The lowest BCUT2D eigenvalue weighted by Gasteiger charge is -2.23. The molecule has 7 aromatic rings. The Morgan fingerprint density at radius 3 is 2.43 bits per heavy atom. The third kappa shape index (κ3) is 3.78. The zero-order chi connectivity index (χ0) is 30.2. The summed E-state index contributed by atoms with van der Waals surface area (Å²) in [7, 11) is 0. The number of aromatic nitrogens is 3. The highest BCUT2D eigenvalue weighted by atomic mass is 16.5. The maximum absolute atomic E-state index is 6.48. The highest BCUT2D eigenvalue weighted by Gasteiger charge is 2.38. The lowest BCUT2D eigenvalue weighted by Crippen LogP contribution is -2.21. The van der Waals surface area contributed by atoms with Crippen molar-refractivity contribution in [2.24, 2.45) is 0 Å². The summed E-state index contributed by atoms with van der Waals surface area (Å²) >= 11 is 0. The van der Waals surface area contributed by atoms with Crippen LogP contribution in [0.3, 0.4) is 0 Å². The van der Waals surface area contributed by atoms with Crippen molar-refractivity contribution in [3.05, 3.63) is 144 Å². The number of hydrogen-bond acceptors (Lipinski definition) is 5. The van der Waals surface area contributed by atoms with E-state index in [-0.39, 0.29) is 12.0 Å². The van der Waals surface area contributed by atoms with Crippen LogP contribution in [-0.4, -0.2) is 21.1 Å². The van der Waals surface area contributed by atoms with Gasteiger partial charge in [0.2, 0.25) is 0 Å². The second-order valence-corrected chi connectivity index (χ2v) is 12.2. The first-order valence-corrected chi connectivity index (χ1v) is 15.8. The molecule has 3 heterocycles. The van der Waals surface area contributed by atoms with Crippen LogP contribution in [0.25, 0.3) is 67.1 Å². The maximum Gasteiger partial charge on any atom is 0.167 e. The molecule has 46 heavy (non-hydrogen) atoms. The first kappa shape index (κ1) is 25.5. The van der Waals surface area contributed by atoms with Crippen LogP contribution in [0, 0.1) is 0 Å². The molecule has 0 amide bonds. The summed E-state index contributed by atoms with van der Waals surface area (Å²) in [5.74, 6) is 2.78. The molecule has 0 bridgehead atoms. The molecule has 0 N–H and O–H groups in total. The predicted molar refractivity (Wildman–Crippen MR) is 184 cm³/mol. The van der Waals surface area contributed by atoms with Gasteiger partial charge in [-0.1, -0.05) is 97.1 Å². The number of ether oxygens (including phenoxy) is 1. The van der Waals surface area contributed by atoms with Crippen LogP contribution in [0.5, 0.6) is 5.75 Å². The summed E-state index contributed by atoms with van der Waals surface area (Å²) in [5, 5.41) is 4.59. The minimum absolute atomic E-state index is 0.0169. The van der Waals surface area contributed by atoms with Crippen LogP contribution in [0.4, 0.5) is 0 Å². The SMILES string of the molecule is C1=CC2Oc3ccccc3C2C(c2nc(-c3cc4ccccc4c4c3C=CCC4)nc(-c3cccc4c3oc3ccccc34)n2)=C1. The second-order valence-electron chi connectivity index (χ2n) is 12.2. The third-order valence-corrected chi connectivity index (χ3v) is 9.58. The molecule has 5 aromatic carbocycles. The summed E-state index contributed by atoms with van der Waals surface area (Å²) in [6, 6.07) is 33.5. The van der Waals surface area contributed by atoms with Gasteiger partial charge in [-0.15, -0.1) is 0 Å². The molecule has 10 rings (SSSR count). The zero-order valence-electron chi connectivity index (χ0n) is 24.9. The van der Waals surface area contributed by atoms with Crippen molar-refractivity contribution >= 4 is 44.4 Å². The standard InChI is InChI=1S/C41H27N3O2/c1-2-12-25-24(11-1)23-33(27-14-4-3-13-26(25)27)41-43-39(31-18-10-22-36-37(31)30-16-6-8-21-35(30)45-36)42-40(44-41)32-19-9-17-29-28-15-5-7-20-34(28)46-38(29)32/h1-2,4-12,14-23,36-37H,3,13H2. The number of nitrogens with zero attached hydrogens (tertiary/aromatic N) is 3. The third-order valence-electron chi connectivity index (χ3n) is 9.58. The largest absolute Gasteiger partial charge is 0.485 e. The van der Waals surface area contributed by atoms with Gasteiger partial charge in [0.1, 0.15) is 23.0 Å². The van der Waals surface area contributed by atoms with Crippen LogP contribution < -0.4 is 4.74 Å². The molecule has 2 unspecified atom stereocenters. The smallest absolute Gasteiger partial charge is 0.167 e. The van der Waals surface area contributed by atoms with Gasteiger partial charge in [-0.2, -0.15) is 0 Å². The molecule has 0 saturated heterocycles. The van der Waals surface area contributed by atoms with E-state index in [9.17, 15) is 0 Å². The Bertz CT molecular complexity index is 2480. The van der Waals surface area contributed by atoms with Crippen molar-refractivity contribution in [3.63, 3.8) is 0 Å². The van der Waals surface area contributed by atoms with E-state index in [2.05, 4.69) is 97.1 Å². The van der Waals surface area contributed by atoms with Crippen LogP contribution in [0.1, 0.15) is 34.9 Å². The monoisotopic (exact) mass is 593 g/mol. The van der Waals surface area contributed by atoms with E-state index in [0.29, 0.717) is 17.5 Å². The van der Waals surface area contributed by atoms with Gasteiger partial charge in [-0.25, -0.2) is 15.0 Å². The van der Waals surface area contributed by atoms with Gasteiger partial charge in [0.15, 0.2) is 17.5 Å². The van der Waals surface area contributed by atoms with E-state index < -0.39 is 0 Å². The Morgan fingerprint density at radius 1 is 0.696 bits per heavy atom. The van der Waals surface area contributed by atoms with Crippen molar-refractivity contribution < 1.29 is 9.15 Å². The number of allylic oxidation sites excluding steroid dienone is 3. The molecule has 0 radical (unpaired) electrons. The normalized spacial score (nSPS) is 18.0. The number of hydrogen-bond donors (Lipinski definition) is 0. The van der Waals surface area contributed by atoms with Crippen LogP contribution >= 0.6 is 0 Å². The number of fused-ring (bicyclic) bond motifs is 9. The Kier molecular flexibility index (Phi) is 5.46. The molecule has 5 heteroatoms. The van der Waals surface area contributed by atoms with Crippen molar-refractivity contribution in [3.8, 4) is 28.5 Å². The summed E-state index contributed by atoms with van der Waals surface area (Å²) in [5.41, 5.74) is 8.17. The first-order valence-electron chi connectivity index (χ1n) is 15.8. The molecule has 3 aliphatic rings. The van der Waals surface area contributed by atoms with E-state index >= 15 is 0 Å². The average Bonchev–Trinajstić information content (AvgIpc) is 3.70. The molecule has 1 aliphatic heterocycles. The molecule has 5 nitrogen and oxygen atoms in total. The van der Waals surface area contributed by atoms with Gasteiger partial charge < -0.3 is 9.15 Å². The maximum atomic E-state index is 6.48. The highest BCUT2D eigenvalue weighted by Crippen LogP contribution is 2.48. The Hall–Kier alpha value is -5.81. The van der Waals surface area contributed by atoms with Crippen molar-refractivity contribution in [1.82, 2.24) is 15.0 Å². The topological polar surface area (TPSA) is 61.0 Å². The average molecular weight is 594 g/mol. The molecule has 2 atom stereocenters. The lowest BCUT2D eigenvalue weighted by molar-refractivity contribution is 0.271. The van der Waals surface area contributed by atoms with Crippen LogP contribution in [0.15, 0.2) is 126 Å². The summed E-state index contributed by atoms with van der Waals surface area (Å²) in [6.45, 7) is 0. The van der Waals surface area contributed by atoms with Crippen LogP contribution in [-0.2, 0) is 6.42 Å². The fraction of sp³-hybridized carbons (Fsp3) is 0.0976. The van der Waals surface area contributed by atoms with Gasteiger partial charge in [0.25, 0.3) is 0 Å². The van der Waals surface area contributed by atoms with E-state index in [1.165, 1.54) is 21.9 Å². The number of benzene rings is 5. The van der Waals surface area contributed by atoms with E-state index in [4.69, 9.17) is 24.1 Å².